The molecule has 0 bridgehead atoms. The Morgan fingerprint density at radius 2 is 2.43 bits per heavy atom. The van der Waals surface area contributed by atoms with Crippen LogP contribution in [0.15, 0.2) is 18.5 Å². The minimum atomic E-state index is -0.146. The number of nitrogens with zero attached hydrogens (tertiary/aromatic N) is 2. The molecule has 1 aliphatic carbocycles. The minimum absolute atomic E-state index is 0.146. The summed E-state index contributed by atoms with van der Waals surface area (Å²) in [6, 6.07) is 2.22. The SMILES string of the molecule is O[C@H]1CCC[C@@H]1NCCn1cccn1. The molecule has 14 heavy (non-hydrogen) atoms. The van der Waals surface area contributed by atoms with Crippen LogP contribution in [0.1, 0.15) is 19.3 Å². The quantitative estimate of drug-likeness (QED) is 0.730. The fraction of sp³-hybridized carbons (Fsp3) is 0.700. The van der Waals surface area contributed by atoms with Crippen LogP contribution in [0.3, 0.4) is 0 Å². The van der Waals surface area contributed by atoms with Crippen LogP contribution < -0.4 is 5.32 Å². The molecule has 0 amide bonds. The van der Waals surface area contributed by atoms with Gasteiger partial charge in [0.05, 0.1) is 12.6 Å². The number of aliphatic hydroxyl groups is 1. The van der Waals surface area contributed by atoms with E-state index in [0.717, 1.165) is 32.4 Å². The summed E-state index contributed by atoms with van der Waals surface area (Å²) in [5.74, 6) is 0. The van der Waals surface area contributed by atoms with E-state index in [2.05, 4.69) is 10.4 Å². The van der Waals surface area contributed by atoms with E-state index in [4.69, 9.17) is 0 Å². The van der Waals surface area contributed by atoms with Gasteiger partial charge in [0.15, 0.2) is 0 Å². The molecule has 4 heteroatoms. The van der Waals surface area contributed by atoms with Gasteiger partial charge in [-0.3, -0.25) is 4.68 Å². The van der Waals surface area contributed by atoms with Crippen molar-refractivity contribution >= 4 is 0 Å². The van der Waals surface area contributed by atoms with Gasteiger partial charge in [0, 0.05) is 25.0 Å². The molecule has 0 aliphatic heterocycles. The summed E-state index contributed by atoms with van der Waals surface area (Å²) in [6.45, 7) is 1.75. The molecule has 0 spiro atoms. The summed E-state index contributed by atoms with van der Waals surface area (Å²) in [6.07, 6.45) is 6.77. The third-order valence-corrected chi connectivity index (χ3v) is 2.79. The van der Waals surface area contributed by atoms with Crippen LogP contribution in [0.2, 0.25) is 0 Å². The maximum Gasteiger partial charge on any atom is 0.0693 e. The number of hydrogen-bond donors (Lipinski definition) is 2. The van der Waals surface area contributed by atoms with E-state index < -0.39 is 0 Å². The molecule has 1 aliphatic rings. The molecule has 0 unspecified atom stereocenters. The van der Waals surface area contributed by atoms with Crippen molar-refractivity contribution in [2.45, 2.75) is 38.0 Å². The van der Waals surface area contributed by atoms with Crippen LogP contribution >= 0.6 is 0 Å². The molecular weight excluding hydrogens is 178 g/mol. The smallest absolute Gasteiger partial charge is 0.0693 e. The maximum absolute atomic E-state index is 9.56. The molecule has 1 fully saturated rings. The van der Waals surface area contributed by atoms with Gasteiger partial charge in [0.2, 0.25) is 0 Å². The Hall–Kier alpha value is -0.870. The first-order valence-electron chi connectivity index (χ1n) is 5.25. The highest BCUT2D eigenvalue weighted by molar-refractivity contribution is 4.83. The first-order valence-corrected chi connectivity index (χ1v) is 5.25. The van der Waals surface area contributed by atoms with Gasteiger partial charge in [-0.25, -0.2) is 0 Å². The molecule has 1 aromatic heterocycles. The van der Waals surface area contributed by atoms with Crippen LogP contribution in [0.4, 0.5) is 0 Å². The summed E-state index contributed by atoms with van der Waals surface area (Å²) in [4.78, 5) is 0. The highest BCUT2D eigenvalue weighted by Gasteiger charge is 2.23. The second-order valence-electron chi connectivity index (χ2n) is 3.83. The second-order valence-corrected chi connectivity index (χ2v) is 3.83. The summed E-state index contributed by atoms with van der Waals surface area (Å²) in [5.41, 5.74) is 0. The topological polar surface area (TPSA) is 50.1 Å². The lowest BCUT2D eigenvalue weighted by atomic mass is 10.2. The highest BCUT2D eigenvalue weighted by atomic mass is 16.3. The fourth-order valence-corrected chi connectivity index (χ4v) is 1.98. The van der Waals surface area contributed by atoms with Gasteiger partial charge < -0.3 is 10.4 Å². The third kappa shape index (κ3) is 2.33. The Bertz CT molecular complexity index is 260. The van der Waals surface area contributed by atoms with Crippen molar-refractivity contribution in [3.8, 4) is 0 Å². The molecular formula is C10H17N3O. The number of rotatable bonds is 4. The Labute approximate surface area is 83.9 Å². The first-order chi connectivity index (χ1) is 6.86. The molecule has 1 heterocycles. The Morgan fingerprint density at radius 3 is 3.07 bits per heavy atom. The third-order valence-electron chi connectivity index (χ3n) is 2.79. The average Bonchev–Trinajstić information content (AvgIpc) is 2.78. The van der Waals surface area contributed by atoms with Gasteiger partial charge >= 0.3 is 0 Å². The Morgan fingerprint density at radius 1 is 1.50 bits per heavy atom. The zero-order valence-electron chi connectivity index (χ0n) is 8.26. The molecule has 4 nitrogen and oxygen atoms in total. The van der Waals surface area contributed by atoms with Gasteiger partial charge in [-0.15, -0.1) is 0 Å². The lowest BCUT2D eigenvalue weighted by Crippen LogP contribution is -2.37. The highest BCUT2D eigenvalue weighted by Crippen LogP contribution is 2.18. The first kappa shape index (κ1) is 9.68. The fourth-order valence-electron chi connectivity index (χ4n) is 1.98. The van der Waals surface area contributed by atoms with E-state index >= 15 is 0 Å². The van der Waals surface area contributed by atoms with Crippen LogP contribution in [-0.4, -0.2) is 33.6 Å². The standard InChI is InChI=1S/C10H17N3O/c14-10-4-1-3-9(10)11-6-8-13-7-2-5-12-13/h2,5,7,9-11,14H,1,3-4,6,8H2/t9-,10-/m0/s1. The van der Waals surface area contributed by atoms with Crippen molar-refractivity contribution in [1.29, 1.82) is 0 Å². The van der Waals surface area contributed by atoms with Crippen molar-refractivity contribution in [3.63, 3.8) is 0 Å². The predicted octanol–water partition coefficient (Wildman–Crippen LogP) is 0.386. The molecule has 1 saturated carbocycles. The Balaban J connectivity index is 1.68. The zero-order chi connectivity index (χ0) is 9.80. The van der Waals surface area contributed by atoms with Gasteiger partial charge in [-0.1, -0.05) is 0 Å². The summed E-state index contributed by atoms with van der Waals surface area (Å²) in [5, 5.41) is 17.0. The lowest BCUT2D eigenvalue weighted by molar-refractivity contribution is 0.148. The van der Waals surface area contributed by atoms with Gasteiger partial charge in [-0.05, 0) is 25.3 Å². The average molecular weight is 195 g/mol. The van der Waals surface area contributed by atoms with E-state index in [-0.39, 0.29) is 6.10 Å². The number of nitrogens with one attached hydrogen (secondary N) is 1. The van der Waals surface area contributed by atoms with Gasteiger partial charge in [-0.2, -0.15) is 5.10 Å². The number of aromatic nitrogens is 2. The predicted molar refractivity (Wildman–Crippen MR) is 53.9 cm³/mol. The van der Waals surface area contributed by atoms with Crippen LogP contribution in [0, 0.1) is 0 Å². The maximum atomic E-state index is 9.56. The van der Waals surface area contributed by atoms with E-state index in [1.807, 2.05) is 16.9 Å². The van der Waals surface area contributed by atoms with E-state index in [1.54, 1.807) is 6.20 Å². The van der Waals surface area contributed by atoms with E-state index in [9.17, 15) is 5.11 Å². The molecule has 78 valence electrons. The zero-order valence-corrected chi connectivity index (χ0v) is 8.26. The second kappa shape index (κ2) is 4.57. The molecule has 2 rings (SSSR count). The van der Waals surface area contributed by atoms with Gasteiger partial charge in [0.1, 0.15) is 0 Å². The van der Waals surface area contributed by atoms with E-state index in [0.29, 0.717) is 6.04 Å². The lowest BCUT2D eigenvalue weighted by Gasteiger charge is -2.16. The molecule has 0 saturated heterocycles. The van der Waals surface area contributed by atoms with Crippen molar-refractivity contribution < 1.29 is 5.11 Å². The van der Waals surface area contributed by atoms with Crippen molar-refractivity contribution in [3.05, 3.63) is 18.5 Å². The minimum Gasteiger partial charge on any atom is -0.392 e. The molecule has 1 aromatic rings. The number of aliphatic hydroxyl groups excluding tert-OH is 1. The normalized spacial score (nSPS) is 26.9. The molecule has 2 atom stereocenters. The van der Waals surface area contributed by atoms with Crippen molar-refractivity contribution in [1.82, 2.24) is 15.1 Å². The molecule has 0 aromatic carbocycles. The van der Waals surface area contributed by atoms with Crippen LogP contribution in [0.25, 0.3) is 0 Å². The monoisotopic (exact) mass is 195 g/mol. The van der Waals surface area contributed by atoms with Crippen molar-refractivity contribution in [2.24, 2.45) is 0 Å². The Kier molecular flexibility index (Phi) is 3.16. The largest absolute Gasteiger partial charge is 0.392 e. The summed E-state index contributed by atoms with van der Waals surface area (Å²) in [7, 11) is 0. The van der Waals surface area contributed by atoms with Gasteiger partial charge in [0.25, 0.3) is 0 Å². The molecule has 0 radical (unpaired) electrons. The summed E-state index contributed by atoms with van der Waals surface area (Å²) >= 11 is 0. The summed E-state index contributed by atoms with van der Waals surface area (Å²) < 4.78 is 1.90. The van der Waals surface area contributed by atoms with Crippen LogP contribution in [-0.2, 0) is 6.54 Å². The van der Waals surface area contributed by atoms with Crippen LogP contribution in [0.5, 0.6) is 0 Å². The van der Waals surface area contributed by atoms with E-state index in [1.165, 1.54) is 0 Å². The molecule has 2 N–H and O–H groups in total. The van der Waals surface area contributed by atoms with Crippen molar-refractivity contribution in [2.75, 3.05) is 6.54 Å². The number of hydrogen-bond acceptors (Lipinski definition) is 3.